The summed E-state index contributed by atoms with van der Waals surface area (Å²) in [4.78, 5) is 24.8. The fourth-order valence-electron chi connectivity index (χ4n) is 2.10. The SMILES string of the molecule is NC(=O)C1CCN(C(=O)c2cc(N)cc(Cl)c2)C1. The Labute approximate surface area is 110 Å². The predicted octanol–water partition coefficient (Wildman–Crippen LogP) is 0.870. The van der Waals surface area contributed by atoms with Crippen LogP contribution in [0.15, 0.2) is 18.2 Å². The molecule has 0 aliphatic carbocycles. The Morgan fingerprint density at radius 2 is 2.06 bits per heavy atom. The van der Waals surface area contributed by atoms with E-state index >= 15 is 0 Å². The van der Waals surface area contributed by atoms with Crippen LogP contribution < -0.4 is 11.5 Å². The van der Waals surface area contributed by atoms with E-state index in [2.05, 4.69) is 0 Å². The molecule has 2 amide bonds. The third kappa shape index (κ3) is 2.56. The molecule has 1 fully saturated rings. The number of hydrogen-bond acceptors (Lipinski definition) is 3. The van der Waals surface area contributed by atoms with Crippen molar-refractivity contribution in [2.75, 3.05) is 18.8 Å². The quantitative estimate of drug-likeness (QED) is 0.779. The highest BCUT2D eigenvalue weighted by Gasteiger charge is 2.30. The molecule has 1 atom stereocenters. The lowest BCUT2D eigenvalue weighted by Gasteiger charge is -2.16. The lowest BCUT2D eigenvalue weighted by molar-refractivity contribution is -0.121. The van der Waals surface area contributed by atoms with Crippen LogP contribution in [0.4, 0.5) is 5.69 Å². The molecule has 1 unspecified atom stereocenters. The summed E-state index contributed by atoms with van der Waals surface area (Å²) in [5, 5.41) is 0.420. The van der Waals surface area contributed by atoms with E-state index in [-0.39, 0.29) is 17.7 Å². The number of amides is 2. The van der Waals surface area contributed by atoms with Gasteiger partial charge in [0.1, 0.15) is 0 Å². The number of nitrogens with zero attached hydrogens (tertiary/aromatic N) is 1. The number of likely N-dealkylation sites (tertiary alicyclic amines) is 1. The highest BCUT2D eigenvalue weighted by Crippen LogP contribution is 2.22. The van der Waals surface area contributed by atoms with Gasteiger partial charge in [-0.15, -0.1) is 0 Å². The van der Waals surface area contributed by atoms with Crippen molar-refractivity contribution in [3.05, 3.63) is 28.8 Å². The number of rotatable bonds is 2. The third-order valence-corrected chi connectivity index (χ3v) is 3.26. The standard InChI is InChI=1S/C12H14ClN3O2/c13-9-3-8(4-10(14)5-9)12(18)16-2-1-7(6-16)11(15)17/h3-5,7H,1-2,6,14H2,(H2,15,17). The van der Waals surface area contributed by atoms with Gasteiger partial charge in [0.25, 0.3) is 5.91 Å². The van der Waals surface area contributed by atoms with E-state index < -0.39 is 0 Å². The number of benzene rings is 1. The van der Waals surface area contributed by atoms with Crippen molar-refractivity contribution in [3.8, 4) is 0 Å². The molecule has 6 heteroatoms. The molecule has 4 N–H and O–H groups in total. The van der Waals surface area contributed by atoms with Gasteiger partial charge in [-0.25, -0.2) is 0 Å². The van der Waals surface area contributed by atoms with Crippen LogP contribution in [0.1, 0.15) is 16.8 Å². The second-order valence-corrected chi connectivity index (χ2v) is 4.85. The Hall–Kier alpha value is -1.75. The minimum atomic E-state index is -0.365. The molecule has 5 nitrogen and oxygen atoms in total. The molecule has 0 bridgehead atoms. The van der Waals surface area contributed by atoms with E-state index in [1.807, 2.05) is 0 Å². The van der Waals surface area contributed by atoms with Crippen molar-refractivity contribution in [3.63, 3.8) is 0 Å². The monoisotopic (exact) mass is 267 g/mol. The summed E-state index contributed by atoms with van der Waals surface area (Å²) < 4.78 is 0. The fourth-order valence-corrected chi connectivity index (χ4v) is 2.34. The maximum absolute atomic E-state index is 12.2. The molecular weight excluding hydrogens is 254 g/mol. The van der Waals surface area contributed by atoms with E-state index in [4.69, 9.17) is 23.1 Å². The number of hydrogen-bond donors (Lipinski definition) is 2. The van der Waals surface area contributed by atoms with E-state index in [1.165, 1.54) is 0 Å². The second-order valence-electron chi connectivity index (χ2n) is 4.41. The molecule has 1 aliphatic rings. The number of nitrogen functional groups attached to an aromatic ring is 1. The van der Waals surface area contributed by atoms with Crippen LogP contribution in [-0.4, -0.2) is 29.8 Å². The first-order valence-electron chi connectivity index (χ1n) is 5.62. The summed E-state index contributed by atoms with van der Waals surface area (Å²) >= 11 is 5.86. The minimum Gasteiger partial charge on any atom is -0.399 e. The van der Waals surface area contributed by atoms with Gasteiger partial charge in [0.15, 0.2) is 0 Å². The smallest absolute Gasteiger partial charge is 0.254 e. The van der Waals surface area contributed by atoms with Gasteiger partial charge in [-0.2, -0.15) is 0 Å². The lowest BCUT2D eigenvalue weighted by atomic mass is 10.1. The molecule has 0 aromatic heterocycles. The zero-order valence-corrected chi connectivity index (χ0v) is 10.5. The lowest BCUT2D eigenvalue weighted by Crippen LogP contribution is -2.31. The number of carbonyl (C=O) groups excluding carboxylic acids is 2. The summed E-state index contributed by atoms with van der Waals surface area (Å²) in [6, 6.07) is 4.72. The van der Waals surface area contributed by atoms with Crippen molar-refractivity contribution < 1.29 is 9.59 Å². The van der Waals surface area contributed by atoms with Crippen LogP contribution in [0.5, 0.6) is 0 Å². The Kier molecular flexibility index (Phi) is 3.43. The first kappa shape index (κ1) is 12.7. The van der Waals surface area contributed by atoms with Gasteiger partial charge < -0.3 is 16.4 Å². The largest absolute Gasteiger partial charge is 0.399 e. The Morgan fingerprint density at radius 1 is 1.33 bits per heavy atom. The van der Waals surface area contributed by atoms with Crippen molar-refractivity contribution >= 4 is 29.1 Å². The number of primary amides is 1. The molecule has 18 heavy (non-hydrogen) atoms. The molecule has 0 spiro atoms. The number of halogens is 1. The molecule has 0 saturated carbocycles. The van der Waals surface area contributed by atoms with Crippen molar-refractivity contribution in [1.82, 2.24) is 4.90 Å². The highest BCUT2D eigenvalue weighted by molar-refractivity contribution is 6.31. The van der Waals surface area contributed by atoms with Crippen molar-refractivity contribution in [2.45, 2.75) is 6.42 Å². The van der Waals surface area contributed by atoms with Gasteiger partial charge >= 0.3 is 0 Å². The molecule has 1 aliphatic heterocycles. The molecule has 1 aromatic rings. The average molecular weight is 268 g/mol. The van der Waals surface area contributed by atoms with Crippen molar-refractivity contribution in [1.29, 1.82) is 0 Å². The van der Waals surface area contributed by atoms with Gasteiger partial charge in [0.2, 0.25) is 5.91 Å². The van der Waals surface area contributed by atoms with E-state index in [9.17, 15) is 9.59 Å². The zero-order chi connectivity index (χ0) is 13.3. The van der Waals surface area contributed by atoms with Gasteiger partial charge in [-0.05, 0) is 24.6 Å². The van der Waals surface area contributed by atoms with Crippen LogP contribution in [-0.2, 0) is 4.79 Å². The summed E-state index contributed by atoms with van der Waals surface area (Å²) in [5.41, 5.74) is 11.7. The topological polar surface area (TPSA) is 89.4 Å². The van der Waals surface area contributed by atoms with Crippen LogP contribution in [0, 0.1) is 5.92 Å². The highest BCUT2D eigenvalue weighted by atomic mass is 35.5. The Bertz CT molecular complexity index is 484. The first-order chi connectivity index (χ1) is 8.47. The molecular formula is C12H14ClN3O2. The van der Waals surface area contributed by atoms with Crippen LogP contribution >= 0.6 is 11.6 Å². The zero-order valence-electron chi connectivity index (χ0n) is 9.73. The summed E-state index contributed by atoms with van der Waals surface area (Å²) in [5.74, 6) is -0.797. The van der Waals surface area contributed by atoms with Crippen LogP contribution in [0.25, 0.3) is 0 Å². The molecule has 1 heterocycles. The van der Waals surface area contributed by atoms with Crippen molar-refractivity contribution in [2.24, 2.45) is 11.7 Å². The van der Waals surface area contributed by atoms with Gasteiger partial charge in [0.05, 0.1) is 5.92 Å². The number of nitrogens with two attached hydrogens (primary N) is 2. The van der Waals surface area contributed by atoms with E-state index in [1.54, 1.807) is 23.1 Å². The second kappa shape index (κ2) is 4.86. The summed E-state index contributed by atoms with van der Waals surface area (Å²) in [6.07, 6.45) is 0.608. The first-order valence-corrected chi connectivity index (χ1v) is 6.00. The normalized spacial score (nSPS) is 18.9. The fraction of sp³-hybridized carbons (Fsp3) is 0.333. The van der Waals surface area contributed by atoms with E-state index in [0.29, 0.717) is 35.8 Å². The van der Waals surface area contributed by atoms with E-state index in [0.717, 1.165) is 0 Å². The average Bonchev–Trinajstić information content (AvgIpc) is 2.75. The molecule has 96 valence electrons. The summed E-state index contributed by atoms with van der Waals surface area (Å²) in [6.45, 7) is 0.888. The number of carbonyl (C=O) groups is 2. The maximum Gasteiger partial charge on any atom is 0.254 e. The van der Waals surface area contributed by atoms with Gasteiger partial charge in [-0.1, -0.05) is 11.6 Å². The Balaban J connectivity index is 2.15. The minimum absolute atomic E-state index is 0.173. The maximum atomic E-state index is 12.2. The third-order valence-electron chi connectivity index (χ3n) is 3.04. The predicted molar refractivity (Wildman–Crippen MR) is 69.1 cm³/mol. The van der Waals surface area contributed by atoms with Crippen LogP contribution in [0.2, 0.25) is 5.02 Å². The molecule has 2 rings (SSSR count). The Morgan fingerprint density at radius 3 is 2.61 bits per heavy atom. The van der Waals surface area contributed by atoms with Gasteiger partial charge in [-0.3, -0.25) is 9.59 Å². The van der Waals surface area contributed by atoms with Crippen LogP contribution in [0.3, 0.4) is 0 Å². The van der Waals surface area contributed by atoms with Gasteiger partial charge in [0, 0.05) is 29.4 Å². The molecule has 1 saturated heterocycles. The molecule has 0 radical (unpaired) electrons. The molecule has 1 aromatic carbocycles. The number of anilines is 1. The summed E-state index contributed by atoms with van der Waals surface area (Å²) in [7, 11) is 0.